The van der Waals surface area contributed by atoms with Crippen LogP contribution in [0.1, 0.15) is 71.1 Å². The largest absolute Gasteiger partial charge is 0.481 e. The summed E-state index contributed by atoms with van der Waals surface area (Å²) in [5.41, 5.74) is 0. The van der Waals surface area contributed by atoms with Crippen molar-refractivity contribution in [1.29, 1.82) is 0 Å². The highest BCUT2D eigenvalue weighted by atomic mass is 16.4. The average molecular weight is 255 g/mol. The molecule has 0 unspecified atom stereocenters. The Balaban J connectivity index is 2.45. The summed E-state index contributed by atoms with van der Waals surface area (Å²) in [5.74, 6) is -0.664. The number of nitrogens with zero attached hydrogens (tertiary/aromatic N) is 1. The van der Waals surface area contributed by atoms with E-state index in [4.69, 9.17) is 5.11 Å². The van der Waals surface area contributed by atoms with Crippen molar-refractivity contribution < 1.29 is 9.90 Å². The molecule has 0 amide bonds. The summed E-state index contributed by atoms with van der Waals surface area (Å²) in [6, 6.07) is 0.635. The lowest BCUT2D eigenvalue weighted by atomic mass is 9.95. The van der Waals surface area contributed by atoms with Crippen LogP contribution in [0, 0.1) is 0 Å². The van der Waals surface area contributed by atoms with Crippen molar-refractivity contribution in [2.24, 2.45) is 0 Å². The zero-order valence-electron chi connectivity index (χ0n) is 11.9. The average Bonchev–Trinajstić information content (AvgIpc) is 2.30. The molecule has 1 N–H and O–H groups in total. The predicted octanol–water partition coefficient (Wildman–Crippen LogP) is 3.68. The minimum absolute atomic E-state index is 0.292. The van der Waals surface area contributed by atoms with Gasteiger partial charge in [-0.3, -0.25) is 9.69 Å². The molecule has 0 bridgehead atoms. The molecule has 0 aromatic heterocycles. The Bertz CT molecular complexity index is 223. The van der Waals surface area contributed by atoms with Crippen LogP contribution in [0.4, 0.5) is 0 Å². The number of hydrogen-bond acceptors (Lipinski definition) is 2. The van der Waals surface area contributed by atoms with E-state index in [2.05, 4.69) is 11.8 Å². The Hall–Kier alpha value is -0.570. The number of carboxylic acid groups (broad SMARTS) is 1. The zero-order chi connectivity index (χ0) is 13.2. The molecule has 3 nitrogen and oxygen atoms in total. The third-order valence-corrected chi connectivity index (χ3v) is 4.00. The Morgan fingerprint density at radius 3 is 2.28 bits per heavy atom. The van der Waals surface area contributed by atoms with Gasteiger partial charge < -0.3 is 5.11 Å². The monoisotopic (exact) mass is 255 g/mol. The van der Waals surface area contributed by atoms with Gasteiger partial charge in [0, 0.05) is 12.6 Å². The van der Waals surface area contributed by atoms with Crippen LogP contribution in [0.15, 0.2) is 0 Å². The molecule has 3 heteroatoms. The second kappa shape index (κ2) is 9.37. The highest BCUT2D eigenvalue weighted by Crippen LogP contribution is 2.22. The molecule has 0 aromatic carbocycles. The van der Waals surface area contributed by atoms with Crippen molar-refractivity contribution in [2.75, 3.05) is 13.1 Å². The molecule has 106 valence electrons. The number of rotatable bonds is 7. The molecule has 1 saturated carbocycles. The molecular formula is C15H29NO2. The summed E-state index contributed by atoms with van der Waals surface area (Å²) >= 11 is 0. The van der Waals surface area contributed by atoms with E-state index in [-0.39, 0.29) is 0 Å². The summed E-state index contributed by atoms with van der Waals surface area (Å²) in [6.07, 6.45) is 11.9. The smallest absolute Gasteiger partial charge is 0.304 e. The second-order valence-corrected chi connectivity index (χ2v) is 5.53. The van der Waals surface area contributed by atoms with Gasteiger partial charge in [-0.2, -0.15) is 0 Å². The van der Waals surface area contributed by atoms with E-state index in [1.54, 1.807) is 0 Å². The SMILES string of the molecule is CCCCN(CCC(=O)O)C1CCCCCCC1. The standard InChI is InChI=1S/C15H29NO2/c1-2-3-12-16(13-11-15(17)18)14-9-7-5-4-6-8-10-14/h14H,2-13H2,1H3,(H,17,18). The van der Waals surface area contributed by atoms with Crippen molar-refractivity contribution in [3.63, 3.8) is 0 Å². The van der Waals surface area contributed by atoms with Crippen molar-refractivity contribution in [2.45, 2.75) is 77.2 Å². The van der Waals surface area contributed by atoms with Crippen molar-refractivity contribution in [3.05, 3.63) is 0 Å². The van der Waals surface area contributed by atoms with Crippen LogP contribution in [-0.2, 0) is 4.79 Å². The number of carbonyl (C=O) groups is 1. The van der Waals surface area contributed by atoms with Gasteiger partial charge in [-0.25, -0.2) is 0 Å². The van der Waals surface area contributed by atoms with Gasteiger partial charge >= 0.3 is 5.97 Å². The van der Waals surface area contributed by atoms with Crippen LogP contribution in [0.2, 0.25) is 0 Å². The molecule has 0 aliphatic heterocycles. The lowest BCUT2D eigenvalue weighted by Gasteiger charge is -2.32. The highest BCUT2D eigenvalue weighted by Gasteiger charge is 2.19. The Kier molecular flexibility index (Phi) is 8.06. The first-order valence-corrected chi connectivity index (χ1v) is 7.70. The van der Waals surface area contributed by atoms with Gasteiger partial charge in [-0.05, 0) is 25.8 Å². The first-order chi connectivity index (χ1) is 8.74. The van der Waals surface area contributed by atoms with E-state index in [1.807, 2.05) is 0 Å². The Morgan fingerprint density at radius 1 is 1.11 bits per heavy atom. The van der Waals surface area contributed by atoms with Gasteiger partial charge in [0.2, 0.25) is 0 Å². The van der Waals surface area contributed by atoms with E-state index in [9.17, 15) is 4.79 Å². The van der Waals surface area contributed by atoms with E-state index in [0.717, 1.165) is 13.1 Å². The van der Waals surface area contributed by atoms with Gasteiger partial charge in [0.1, 0.15) is 0 Å². The normalized spacial score (nSPS) is 18.6. The number of unbranched alkanes of at least 4 members (excludes halogenated alkanes) is 1. The topological polar surface area (TPSA) is 40.5 Å². The molecule has 0 saturated heterocycles. The van der Waals surface area contributed by atoms with E-state index in [1.165, 1.54) is 57.8 Å². The fourth-order valence-electron chi connectivity index (χ4n) is 2.88. The minimum Gasteiger partial charge on any atom is -0.481 e. The van der Waals surface area contributed by atoms with Gasteiger partial charge in [0.15, 0.2) is 0 Å². The van der Waals surface area contributed by atoms with Crippen LogP contribution in [-0.4, -0.2) is 35.1 Å². The lowest BCUT2D eigenvalue weighted by molar-refractivity contribution is -0.137. The molecule has 0 radical (unpaired) electrons. The summed E-state index contributed by atoms with van der Waals surface area (Å²) in [4.78, 5) is 13.2. The summed E-state index contributed by atoms with van der Waals surface area (Å²) in [7, 11) is 0. The number of aliphatic carboxylic acids is 1. The fraction of sp³-hybridized carbons (Fsp3) is 0.933. The molecule has 1 aliphatic carbocycles. The van der Waals surface area contributed by atoms with Crippen molar-refractivity contribution in [3.8, 4) is 0 Å². The summed E-state index contributed by atoms with van der Waals surface area (Å²) in [5, 5.41) is 8.86. The third kappa shape index (κ3) is 6.39. The molecule has 1 rings (SSSR count). The van der Waals surface area contributed by atoms with Crippen LogP contribution in [0.3, 0.4) is 0 Å². The lowest BCUT2D eigenvalue weighted by Crippen LogP contribution is -2.38. The molecule has 0 aromatic rings. The van der Waals surface area contributed by atoms with E-state index < -0.39 is 5.97 Å². The molecule has 18 heavy (non-hydrogen) atoms. The summed E-state index contributed by atoms with van der Waals surface area (Å²) < 4.78 is 0. The second-order valence-electron chi connectivity index (χ2n) is 5.53. The summed E-state index contributed by atoms with van der Waals surface area (Å²) in [6.45, 7) is 4.02. The van der Waals surface area contributed by atoms with Gasteiger partial charge in [-0.1, -0.05) is 45.4 Å². The molecule has 0 spiro atoms. The molecule has 0 atom stereocenters. The first kappa shape index (κ1) is 15.5. The first-order valence-electron chi connectivity index (χ1n) is 7.70. The molecule has 1 fully saturated rings. The zero-order valence-corrected chi connectivity index (χ0v) is 11.9. The molecular weight excluding hydrogens is 226 g/mol. The predicted molar refractivity (Wildman–Crippen MR) is 74.8 cm³/mol. The highest BCUT2D eigenvalue weighted by molar-refractivity contribution is 5.66. The maximum Gasteiger partial charge on any atom is 0.304 e. The number of carboxylic acids is 1. The molecule has 1 aliphatic rings. The maximum atomic E-state index is 10.8. The van der Waals surface area contributed by atoms with Crippen molar-refractivity contribution in [1.82, 2.24) is 4.90 Å². The minimum atomic E-state index is -0.664. The number of hydrogen-bond donors (Lipinski definition) is 1. The third-order valence-electron chi connectivity index (χ3n) is 4.00. The van der Waals surface area contributed by atoms with Gasteiger partial charge in [0.25, 0.3) is 0 Å². The van der Waals surface area contributed by atoms with E-state index in [0.29, 0.717) is 12.5 Å². The Morgan fingerprint density at radius 2 is 1.72 bits per heavy atom. The van der Waals surface area contributed by atoms with Crippen LogP contribution in [0.25, 0.3) is 0 Å². The van der Waals surface area contributed by atoms with E-state index >= 15 is 0 Å². The van der Waals surface area contributed by atoms with Crippen LogP contribution < -0.4 is 0 Å². The van der Waals surface area contributed by atoms with Crippen LogP contribution in [0.5, 0.6) is 0 Å². The quantitative estimate of drug-likeness (QED) is 0.754. The van der Waals surface area contributed by atoms with Crippen molar-refractivity contribution >= 4 is 5.97 Å². The fourth-order valence-corrected chi connectivity index (χ4v) is 2.88. The Labute approximate surface area is 112 Å². The van der Waals surface area contributed by atoms with Gasteiger partial charge in [0.05, 0.1) is 6.42 Å². The van der Waals surface area contributed by atoms with Gasteiger partial charge in [-0.15, -0.1) is 0 Å². The molecule has 0 heterocycles. The van der Waals surface area contributed by atoms with Crippen LogP contribution >= 0.6 is 0 Å². The maximum absolute atomic E-state index is 10.8.